The number of rotatable bonds is 4. The molecule has 0 aromatic heterocycles. The molecule has 1 heterocycles. The van der Waals surface area contributed by atoms with E-state index in [-0.39, 0.29) is 12.0 Å². The summed E-state index contributed by atoms with van der Waals surface area (Å²) in [6.07, 6.45) is -0.244. The number of hydrogen-bond acceptors (Lipinski definition) is 4. The highest BCUT2D eigenvalue weighted by Gasteiger charge is 2.54. The molecule has 0 spiro atoms. The molecule has 1 atom stereocenters. The highest BCUT2D eigenvalue weighted by Crippen LogP contribution is 2.37. The summed E-state index contributed by atoms with van der Waals surface area (Å²) in [4.78, 5) is 39.9. The van der Waals surface area contributed by atoms with Crippen molar-refractivity contribution in [3.8, 4) is 0 Å². The third kappa shape index (κ3) is 3.79. The molecule has 148 valence electrons. The maximum absolute atomic E-state index is 13.0. The first-order valence-corrected chi connectivity index (χ1v) is 9.78. The number of ketones is 1. The summed E-state index contributed by atoms with van der Waals surface area (Å²) < 4.78 is 0.816. The van der Waals surface area contributed by atoms with Crippen molar-refractivity contribution in [3.05, 3.63) is 63.6 Å². The largest absolute Gasteiger partial charge is 0.326 e. The molecular weight excluding hydrogens is 434 g/mol. The Morgan fingerprint density at radius 1 is 1.17 bits per heavy atom. The summed E-state index contributed by atoms with van der Waals surface area (Å²) in [7, 11) is 0. The van der Waals surface area contributed by atoms with Gasteiger partial charge in [0.25, 0.3) is 5.91 Å². The van der Waals surface area contributed by atoms with Crippen LogP contribution in [0.3, 0.4) is 0 Å². The molecule has 29 heavy (non-hydrogen) atoms. The van der Waals surface area contributed by atoms with Gasteiger partial charge in [-0.3, -0.25) is 24.7 Å². The summed E-state index contributed by atoms with van der Waals surface area (Å²) in [6, 6.07) is 12.6. The van der Waals surface area contributed by atoms with Gasteiger partial charge < -0.3 is 5.32 Å². The molecule has 1 fully saturated rings. The molecular formula is C22H20BrN3O3. The number of anilines is 2. The summed E-state index contributed by atoms with van der Waals surface area (Å²) in [6.45, 7) is 5.35. The standard InChI is InChI=1S/C22H20BrN3O3/c1-13-4-5-14(2)18(10-13)25-19(27)11-22(3)20(28)17(12-24)21(29)26(22)16-8-6-15(23)7-9-16/h4-10,24H,11H2,1-3H3,(H,25,27). The second kappa shape index (κ2) is 7.78. The van der Waals surface area contributed by atoms with Gasteiger partial charge in [-0.1, -0.05) is 28.1 Å². The lowest BCUT2D eigenvalue weighted by atomic mass is 9.90. The van der Waals surface area contributed by atoms with Gasteiger partial charge in [0.1, 0.15) is 11.1 Å². The highest BCUT2D eigenvalue weighted by atomic mass is 79.9. The molecule has 0 radical (unpaired) electrons. The van der Waals surface area contributed by atoms with E-state index in [0.717, 1.165) is 15.6 Å². The number of aryl methyl sites for hydroxylation is 2. The fourth-order valence-corrected chi connectivity index (χ4v) is 3.71. The van der Waals surface area contributed by atoms with Gasteiger partial charge in [-0.2, -0.15) is 0 Å². The Morgan fingerprint density at radius 2 is 1.83 bits per heavy atom. The summed E-state index contributed by atoms with van der Waals surface area (Å²) in [5.41, 5.74) is 1.22. The zero-order valence-corrected chi connectivity index (χ0v) is 17.9. The molecule has 0 aliphatic carbocycles. The number of carbonyl (C=O) groups excluding carboxylic acids is 3. The van der Waals surface area contributed by atoms with Crippen molar-refractivity contribution in [2.75, 3.05) is 10.2 Å². The molecule has 0 saturated carbocycles. The molecule has 1 aliphatic rings. The number of carbonyl (C=O) groups is 3. The van der Waals surface area contributed by atoms with Gasteiger partial charge in [0.15, 0.2) is 0 Å². The van der Waals surface area contributed by atoms with E-state index in [1.54, 1.807) is 31.2 Å². The average Bonchev–Trinajstić information content (AvgIpc) is 2.84. The van der Waals surface area contributed by atoms with Crippen LogP contribution >= 0.6 is 15.9 Å². The zero-order chi connectivity index (χ0) is 21.3. The topological polar surface area (TPSA) is 90.3 Å². The molecule has 1 saturated heterocycles. The van der Waals surface area contributed by atoms with Crippen LogP contribution < -0.4 is 10.2 Å². The molecule has 0 bridgehead atoms. The van der Waals surface area contributed by atoms with E-state index in [0.29, 0.717) is 11.4 Å². The Balaban J connectivity index is 1.96. The Kier molecular flexibility index (Phi) is 5.55. The number of halogens is 1. The maximum Gasteiger partial charge on any atom is 0.272 e. The van der Waals surface area contributed by atoms with Crippen LogP contribution in [0.25, 0.3) is 0 Å². The molecule has 1 aliphatic heterocycles. The van der Waals surface area contributed by atoms with Gasteiger partial charge in [0.2, 0.25) is 11.7 Å². The van der Waals surface area contributed by atoms with Gasteiger partial charge in [0.05, 0.1) is 6.42 Å². The van der Waals surface area contributed by atoms with E-state index in [1.165, 1.54) is 4.90 Å². The average molecular weight is 454 g/mol. The molecule has 7 heteroatoms. The number of benzene rings is 2. The molecule has 2 amide bonds. The smallest absolute Gasteiger partial charge is 0.272 e. The minimum absolute atomic E-state index is 0.244. The van der Waals surface area contributed by atoms with Gasteiger partial charge in [-0.15, -0.1) is 0 Å². The molecule has 2 aromatic carbocycles. The first kappa shape index (κ1) is 20.7. The van der Waals surface area contributed by atoms with Gasteiger partial charge in [-0.05, 0) is 68.1 Å². The van der Waals surface area contributed by atoms with Crippen LogP contribution in [-0.4, -0.2) is 29.0 Å². The fraction of sp³-hybridized carbons (Fsp3) is 0.227. The summed E-state index contributed by atoms with van der Waals surface area (Å²) >= 11 is 3.34. The Bertz CT molecular complexity index is 1070. The zero-order valence-electron chi connectivity index (χ0n) is 16.3. The summed E-state index contributed by atoms with van der Waals surface area (Å²) in [5, 5.41) is 10.2. The van der Waals surface area contributed by atoms with Crippen LogP contribution in [0.2, 0.25) is 0 Å². The third-order valence-corrected chi connectivity index (χ3v) is 5.54. The SMILES string of the molecule is Cc1ccc(C)c(NC(=O)CC2(C)C(=O)C(=C=N)C(=O)N2c2ccc(Br)cc2)c1. The van der Waals surface area contributed by atoms with Crippen molar-refractivity contribution in [1.29, 1.82) is 5.41 Å². The molecule has 2 aromatic rings. The normalized spacial score (nSPS) is 18.8. The Morgan fingerprint density at radius 3 is 2.45 bits per heavy atom. The highest BCUT2D eigenvalue weighted by molar-refractivity contribution is 9.10. The Hall–Kier alpha value is -3.02. The van der Waals surface area contributed by atoms with Crippen molar-refractivity contribution in [1.82, 2.24) is 0 Å². The number of Topliss-reactive ketones (excluding diaryl/α,β-unsaturated/α-hetero) is 1. The van der Waals surface area contributed by atoms with Crippen LogP contribution in [-0.2, 0) is 14.4 Å². The second-order valence-corrected chi connectivity index (χ2v) is 8.18. The number of hydrogen-bond donors (Lipinski definition) is 2. The van der Waals surface area contributed by atoms with E-state index in [4.69, 9.17) is 5.41 Å². The lowest BCUT2D eigenvalue weighted by molar-refractivity contribution is -0.124. The quantitative estimate of drug-likeness (QED) is 0.417. The fourth-order valence-electron chi connectivity index (χ4n) is 3.44. The van der Waals surface area contributed by atoms with Gasteiger partial charge >= 0.3 is 0 Å². The predicted octanol–water partition coefficient (Wildman–Crippen LogP) is 3.94. The van der Waals surface area contributed by atoms with Crippen molar-refractivity contribution in [2.45, 2.75) is 32.7 Å². The van der Waals surface area contributed by atoms with E-state index in [1.807, 2.05) is 37.9 Å². The van der Waals surface area contributed by atoms with Crippen LogP contribution in [0, 0.1) is 19.3 Å². The summed E-state index contributed by atoms with van der Waals surface area (Å²) in [5.74, 6) is 0.345. The first-order chi connectivity index (χ1) is 13.7. The molecule has 3 rings (SSSR count). The van der Waals surface area contributed by atoms with Crippen LogP contribution in [0.15, 0.2) is 52.5 Å². The molecule has 1 unspecified atom stereocenters. The van der Waals surface area contributed by atoms with E-state index < -0.39 is 23.1 Å². The van der Waals surface area contributed by atoms with Crippen molar-refractivity contribution in [2.24, 2.45) is 0 Å². The van der Waals surface area contributed by atoms with Crippen LogP contribution in [0.5, 0.6) is 0 Å². The number of amides is 2. The predicted molar refractivity (Wildman–Crippen MR) is 115 cm³/mol. The van der Waals surface area contributed by atoms with E-state index in [9.17, 15) is 14.4 Å². The van der Waals surface area contributed by atoms with Crippen molar-refractivity contribution >= 4 is 50.8 Å². The third-order valence-electron chi connectivity index (χ3n) is 5.01. The number of nitrogens with one attached hydrogen (secondary N) is 2. The van der Waals surface area contributed by atoms with Crippen molar-refractivity contribution in [3.63, 3.8) is 0 Å². The lowest BCUT2D eigenvalue weighted by Gasteiger charge is -2.32. The lowest BCUT2D eigenvalue weighted by Crippen LogP contribution is -2.49. The minimum atomic E-state index is -1.45. The molecule has 2 N–H and O–H groups in total. The number of nitrogens with zero attached hydrogens (tertiary/aromatic N) is 1. The van der Waals surface area contributed by atoms with Crippen LogP contribution in [0.4, 0.5) is 11.4 Å². The second-order valence-electron chi connectivity index (χ2n) is 7.26. The Labute approximate surface area is 177 Å². The van der Waals surface area contributed by atoms with Gasteiger partial charge in [-0.25, -0.2) is 0 Å². The van der Waals surface area contributed by atoms with Crippen molar-refractivity contribution < 1.29 is 14.4 Å². The minimum Gasteiger partial charge on any atom is -0.326 e. The van der Waals surface area contributed by atoms with E-state index in [2.05, 4.69) is 21.2 Å². The monoisotopic (exact) mass is 453 g/mol. The van der Waals surface area contributed by atoms with E-state index >= 15 is 0 Å². The van der Waals surface area contributed by atoms with Gasteiger partial charge in [0, 0.05) is 15.8 Å². The molecule has 6 nitrogen and oxygen atoms in total. The van der Waals surface area contributed by atoms with Crippen LogP contribution in [0.1, 0.15) is 24.5 Å². The maximum atomic E-state index is 13.0. The first-order valence-electron chi connectivity index (χ1n) is 8.99.